The molecule has 4 saturated carbocycles. The van der Waals surface area contributed by atoms with E-state index in [9.17, 15) is 0 Å². The van der Waals surface area contributed by atoms with Crippen LogP contribution in [-0.2, 0) is 0 Å². The maximum absolute atomic E-state index is 2.78. The Morgan fingerprint density at radius 3 is 1.42 bits per heavy atom. The zero-order valence-electron chi connectivity index (χ0n) is 16.7. The van der Waals surface area contributed by atoms with E-state index in [4.69, 9.17) is 0 Å². The molecule has 0 aromatic rings. The van der Waals surface area contributed by atoms with E-state index in [-0.39, 0.29) is 0 Å². The molecule has 24 heavy (non-hydrogen) atoms. The zero-order chi connectivity index (χ0) is 17.0. The molecular formula is C22H42SSn. The van der Waals surface area contributed by atoms with E-state index in [1.54, 1.807) is 71.1 Å². The number of rotatable bonds is 11. The van der Waals surface area contributed by atoms with Crippen LogP contribution in [0.2, 0.25) is 13.3 Å². The van der Waals surface area contributed by atoms with E-state index < -0.39 is 17.0 Å². The Morgan fingerprint density at radius 2 is 1.08 bits per heavy atom. The second-order valence-electron chi connectivity index (χ2n) is 9.70. The van der Waals surface area contributed by atoms with Crippen LogP contribution in [0.3, 0.4) is 0 Å². The maximum atomic E-state index is 2.78. The molecule has 4 fully saturated rings. The van der Waals surface area contributed by atoms with Gasteiger partial charge in [-0.3, -0.25) is 0 Å². The fourth-order valence-electron chi connectivity index (χ4n) is 6.64. The molecule has 4 aliphatic carbocycles. The monoisotopic (exact) mass is 458 g/mol. The summed E-state index contributed by atoms with van der Waals surface area (Å²) in [6.45, 7) is 7.27. The Labute approximate surface area is 159 Å². The van der Waals surface area contributed by atoms with Gasteiger partial charge in [-0.25, -0.2) is 0 Å². The summed E-state index contributed by atoms with van der Waals surface area (Å²) in [6, 6.07) is 0. The van der Waals surface area contributed by atoms with Gasteiger partial charge in [0.1, 0.15) is 0 Å². The minimum absolute atomic E-state index is 0.792. The summed E-state index contributed by atoms with van der Waals surface area (Å²) < 4.78 is 5.91. The Bertz CT molecular complexity index is 334. The third-order valence-corrected chi connectivity index (χ3v) is 31.1. The molecule has 0 atom stereocenters. The molecule has 0 heterocycles. The number of unbranched alkanes of at least 4 members (excludes halogenated alkanes) is 3. The molecule has 2 heteroatoms. The van der Waals surface area contributed by atoms with Crippen LogP contribution >= 0.6 is 8.95 Å². The van der Waals surface area contributed by atoms with E-state index in [0.29, 0.717) is 0 Å². The van der Waals surface area contributed by atoms with Crippen molar-refractivity contribution < 1.29 is 0 Å². The third kappa shape index (κ3) is 4.70. The van der Waals surface area contributed by atoms with E-state index in [1.807, 2.05) is 0 Å². The second-order valence-corrected chi connectivity index (χ2v) is 29.4. The summed E-state index contributed by atoms with van der Waals surface area (Å²) in [6.07, 6.45) is 18.7. The standard InChI is InChI=1S/C10H16S.3C4H9.Sn/c11-10-4-7-1-8(5-10)3-9(2-7)6-10;3*1-3-4-2;/h7-9,11H,1-6H2;3*1,3-4H2,2H3;/q;;;;+1/p-1. The van der Waals surface area contributed by atoms with Crippen LogP contribution in [0, 0.1) is 17.8 Å². The normalized spacial score (nSPS) is 34.9. The summed E-state index contributed by atoms with van der Waals surface area (Å²) in [5, 5.41) is 0. The van der Waals surface area contributed by atoms with E-state index in [1.165, 1.54) is 19.3 Å². The van der Waals surface area contributed by atoms with Gasteiger partial charge in [-0.05, 0) is 0 Å². The molecule has 0 nitrogen and oxygen atoms in total. The molecule has 0 aromatic carbocycles. The molecule has 0 aromatic heterocycles. The van der Waals surface area contributed by atoms with Gasteiger partial charge >= 0.3 is 160 Å². The molecule has 4 rings (SSSR count). The average molecular weight is 457 g/mol. The van der Waals surface area contributed by atoms with Crippen molar-refractivity contribution in [2.75, 3.05) is 0 Å². The van der Waals surface area contributed by atoms with Crippen molar-refractivity contribution in [1.29, 1.82) is 0 Å². The summed E-state index contributed by atoms with van der Waals surface area (Å²) in [5.74, 6) is 3.41. The average Bonchev–Trinajstić information content (AvgIpc) is 2.54. The Hall–Kier alpha value is 1.15. The van der Waals surface area contributed by atoms with Gasteiger partial charge in [0, 0.05) is 0 Å². The first-order valence-electron chi connectivity index (χ1n) is 11.3. The summed E-state index contributed by atoms with van der Waals surface area (Å²) in [4.78, 5) is 0. The Kier molecular flexibility index (Phi) is 7.37. The van der Waals surface area contributed by atoms with Gasteiger partial charge in [0.15, 0.2) is 0 Å². The van der Waals surface area contributed by atoms with E-state index in [0.717, 1.165) is 22.5 Å². The van der Waals surface area contributed by atoms with E-state index in [2.05, 4.69) is 29.7 Å². The summed E-state index contributed by atoms with van der Waals surface area (Å²) in [5.41, 5.74) is 0. The van der Waals surface area contributed by atoms with Crippen LogP contribution < -0.4 is 0 Å². The molecule has 4 bridgehead atoms. The quantitative estimate of drug-likeness (QED) is 0.283. The van der Waals surface area contributed by atoms with Gasteiger partial charge in [0.2, 0.25) is 0 Å². The van der Waals surface area contributed by atoms with Crippen molar-refractivity contribution in [3.63, 3.8) is 0 Å². The summed E-state index contributed by atoms with van der Waals surface area (Å²) >= 11 is -2.02. The molecule has 0 amide bonds. The van der Waals surface area contributed by atoms with Crippen molar-refractivity contribution in [2.45, 2.75) is 116 Å². The fourth-order valence-corrected chi connectivity index (χ4v) is 35.0. The number of hydrogen-bond donors (Lipinski definition) is 0. The van der Waals surface area contributed by atoms with Crippen LogP contribution in [0.1, 0.15) is 97.8 Å². The second kappa shape index (κ2) is 8.89. The van der Waals surface area contributed by atoms with Crippen molar-refractivity contribution in [3.8, 4) is 0 Å². The van der Waals surface area contributed by atoms with Crippen LogP contribution in [0.15, 0.2) is 0 Å². The molecule has 0 saturated heterocycles. The van der Waals surface area contributed by atoms with Gasteiger partial charge in [0.05, 0.1) is 0 Å². The molecular weight excluding hydrogens is 415 g/mol. The van der Waals surface area contributed by atoms with Gasteiger partial charge in [0.25, 0.3) is 0 Å². The molecule has 0 spiro atoms. The van der Waals surface area contributed by atoms with Crippen LogP contribution in [-0.4, -0.2) is 21.7 Å². The van der Waals surface area contributed by atoms with Gasteiger partial charge in [-0.1, -0.05) is 0 Å². The molecule has 0 N–H and O–H groups in total. The Morgan fingerprint density at radius 1 is 0.708 bits per heavy atom. The first kappa shape index (κ1) is 19.9. The van der Waals surface area contributed by atoms with Crippen LogP contribution in [0.25, 0.3) is 0 Å². The fraction of sp³-hybridized carbons (Fsp3) is 1.00. The molecule has 0 radical (unpaired) electrons. The third-order valence-electron chi connectivity index (χ3n) is 7.37. The topological polar surface area (TPSA) is 0 Å². The van der Waals surface area contributed by atoms with Crippen LogP contribution in [0.5, 0.6) is 0 Å². The predicted octanol–water partition coefficient (Wildman–Crippen LogP) is 8.03. The van der Waals surface area contributed by atoms with Crippen molar-refractivity contribution >= 4 is 25.9 Å². The first-order chi connectivity index (χ1) is 11.6. The number of hydrogen-bond acceptors (Lipinski definition) is 1. The summed E-state index contributed by atoms with van der Waals surface area (Å²) in [7, 11) is 2.78. The molecule has 0 aliphatic heterocycles. The Balaban J connectivity index is 1.75. The van der Waals surface area contributed by atoms with Crippen molar-refractivity contribution in [2.24, 2.45) is 17.8 Å². The van der Waals surface area contributed by atoms with Crippen molar-refractivity contribution in [1.82, 2.24) is 0 Å². The molecule has 0 unspecified atom stereocenters. The first-order valence-corrected chi connectivity index (χ1v) is 21.7. The zero-order valence-corrected chi connectivity index (χ0v) is 20.4. The van der Waals surface area contributed by atoms with Crippen LogP contribution in [0.4, 0.5) is 0 Å². The SMILES string of the molecule is CCC[CH2][Sn]([CH2]CCC)([CH2]CCC)[S]C12CC3CC(CC(C3)C1)C2. The molecule has 140 valence electrons. The van der Waals surface area contributed by atoms with Gasteiger partial charge in [-0.15, -0.1) is 0 Å². The molecule has 4 aliphatic rings. The van der Waals surface area contributed by atoms with E-state index >= 15 is 0 Å². The van der Waals surface area contributed by atoms with Crippen molar-refractivity contribution in [3.05, 3.63) is 0 Å². The van der Waals surface area contributed by atoms with Gasteiger partial charge in [-0.2, -0.15) is 0 Å². The minimum atomic E-state index is -2.02. The predicted molar refractivity (Wildman–Crippen MR) is 113 cm³/mol. The van der Waals surface area contributed by atoms with Gasteiger partial charge < -0.3 is 0 Å².